The average molecular weight is 389 g/mol. The molecule has 0 bridgehead atoms. The summed E-state index contributed by atoms with van der Waals surface area (Å²) in [5, 5.41) is 4.42. The maximum absolute atomic E-state index is 6.13. The summed E-state index contributed by atoms with van der Waals surface area (Å²) in [5.74, 6) is 1.77. The highest BCUT2D eigenvalue weighted by molar-refractivity contribution is 9.10. The molecule has 0 atom stereocenters. The van der Waals surface area contributed by atoms with Gasteiger partial charge in [-0.3, -0.25) is 0 Å². The van der Waals surface area contributed by atoms with Crippen molar-refractivity contribution >= 4 is 45.1 Å². The molecule has 0 unspecified atom stereocenters. The molecule has 1 aromatic heterocycles. The molecule has 0 radical (unpaired) electrons. The lowest BCUT2D eigenvalue weighted by Crippen LogP contribution is -2.04. The van der Waals surface area contributed by atoms with Crippen LogP contribution in [0.15, 0.2) is 33.9 Å². The van der Waals surface area contributed by atoms with Gasteiger partial charge in [-0.1, -0.05) is 46.2 Å². The van der Waals surface area contributed by atoms with Crippen LogP contribution in [0.1, 0.15) is 13.3 Å². The van der Waals surface area contributed by atoms with Gasteiger partial charge in [-0.15, -0.1) is 0 Å². The predicted molar refractivity (Wildman–Crippen MR) is 91.8 cm³/mol. The molecule has 0 saturated carbocycles. The summed E-state index contributed by atoms with van der Waals surface area (Å²) in [6.45, 7) is 2.95. The maximum Gasteiger partial charge on any atom is 0.225 e. The van der Waals surface area contributed by atoms with E-state index < -0.39 is 0 Å². The molecule has 0 aliphatic heterocycles. The second kappa shape index (κ2) is 7.87. The van der Waals surface area contributed by atoms with E-state index in [1.54, 1.807) is 12.1 Å². The second-order valence-corrected chi connectivity index (χ2v) is 6.28. The number of halogens is 2. The van der Waals surface area contributed by atoms with Gasteiger partial charge in [0.2, 0.25) is 5.88 Å². The van der Waals surface area contributed by atoms with Gasteiger partial charge in [-0.25, -0.2) is 4.98 Å². The number of rotatable bonds is 6. The smallest absolute Gasteiger partial charge is 0.225 e. The van der Waals surface area contributed by atoms with Crippen molar-refractivity contribution in [3.05, 3.63) is 33.8 Å². The van der Waals surface area contributed by atoms with Crippen molar-refractivity contribution in [2.45, 2.75) is 18.5 Å². The highest BCUT2D eigenvalue weighted by atomic mass is 79.9. The number of hydrogen-bond acceptors (Lipinski definition) is 5. The minimum atomic E-state index is 0.466. The molecular formula is C14H15BrClN3OS. The number of thioether (sulfide) groups is 1. The standard InChI is InChI=1S/C14H15BrClN3OS/c1-3-6-17-12-8-13(19-14(18-12)21-2)20-11-7-9(15)4-5-10(11)16/h4-5,7-8H,3,6H2,1-2H3,(H,17,18,19). The Morgan fingerprint density at radius 2 is 2.14 bits per heavy atom. The zero-order valence-corrected chi connectivity index (χ0v) is 14.8. The monoisotopic (exact) mass is 387 g/mol. The predicted octanol–water partition coefficient (Wildman–Crippen LogP) is 5.23. The number of hydrogen-bond donors (Lipinski definition) is 1. The fourth-order valence-corrected chi connectivity index (χ4v) is 2.43. The summed E-state index contributed by atoms with van der Waals surface area (Å²) in [7, 11) is 0. The summed E-state index contributed by atoms with van der Waals surface area (Å²) in [4.78, 5) is 8.73. The van der Waals surface area contributed by atoms with Gasteiger partial charge in [0.05, 0.1) is 5.02 Å². The fourth-order valence-electron chi connectivity index (χ4n) is 1.56. The highest BCUT2D eigenvalue weighted by Gasteiger charge is 2.09. The van der Waals surface area contributed by atoms with Gasteiger partial charge in [0.25, 0.3) is 0 Å². The van der Waals surface area contributed by atoms with E-state index in [0.717, 1.165) is 23.3 Å². The minimum absolute atomic E-state index is 0.466. The fraction of sp³-hybridized carbons (Fsp3) is 0.286. The molecule has 7 heteroatoms. The molecule has 1 N–H and O–H groups in total. The zero-order chi connectivity index (χ0) is 15.2. The molecular weight excluding hydrogens is 374 g/mol. The van der Waals surface area contributed by atoms with Crippen LogP contribution in [-0.2, 0) is 0 Å². The molecule has 0 saturated heterocycles. The molecule has 0 fully saturated rings. The number of aromatic nitrogens is 2. The van der Waals surface area contributed by atoms with Gasteiger partial charge in [0.15, 0.2) is 5.16 Å². The molecule has 112 valence electrons. The van der Waals surface area contributed by atoms with Gasteiger partial charge in [0, 0.05) is 17.1 Å². The summed E-state index contributed by atoms with van der Waals surface area (Å²) >= 11 is 11.0. The van der Waals surface area contributed by atoms with Crippen LogP contribution in [0.5, 0.6) is 11.6 Å². The average Bonchev–Trinajstić information content (AvgIpc) is 2.48. The van der Waals surface area contributed by atoms with Gasteiger partial charge in [0.1, 0.15) is 11.6 Å². The third-order valence-corrected chi connectivity index (χ3v) is 3.88. The molecule has 0 aliphatic carbocycles. The Morgan fingerprint density at radius 3 is 2.86 bits per heavy atom. The summed E-state index contributed by atoms with van der Waals surface area (Å²) in [5.41, 5.74) is 0. The Balaban J connectivity index is 2.27. The van der Waals surface area contributed by atoms with E-state index >= 15 is 0 Å². The highest BCUT2D eigenvalue weighted by Crippen LogP contribution is 2.32. The van der Waals surface area contributed by atoms with Gasteiger partial charge < -0.3 is 10.1 Å². The van der Waals surface area contributed by atoms with Crippen LogP contribution in [-0.4, -0.2) is 22.8 Å². The van der Waals surface area contributed by atoms with Crippen molar-refractivity contribution in [1.29, 1.82) is 0 Å². The van der Waals surface area contributed by atoms with Crippen LogP contribution in [0.25, 0.3) is 0 Å². The van der Waals surface area contributed by atoms with E-state index in [-0.39, 0.29) is 0 Å². The Bertz CT molecular complexity index is 627. The van der Waals surface area contributed by atoms with E-state index in [1.807, 2.05) is 18.4 Å². The molecule has 1 heterocycles. The van der Waals surface area contributed by atoms with Gasteiger partial charge >= 0.3 is 0 Å². The van der Waals surface area contributed by atoms with Crippen LogP contribution in [0.2, 0.25) is 5.02 Å². The SMILES string of the molecule is CCCNc1cc(Oc2cc(Br)ccc2Cl)nc(SC)n1. The number of anilines is 1. The van der Waals surface area contributed by atoms with E-state index in [2.05, 4.69) is 38.1 Å². The Labute approximate surface area is 141 Å². The van der Waals surface area contributed by atoms with Crippen LogP contribution < -0.4 is 10.1 Å². The first kappa shape index (κ1) is 16.4. The first-order chi connectivity index (χ1) is 10.1. The van der Waals surface area contributed by atoms with Crippen LogP contribution in [0.3, 0.4) is 0 Å². The second-order valence-electron chi connectivity index (χ2n) is 4.18. The first-order valence-corrected chi connectivity index (χ1v) is 8.81. The molecule has 1 aromatic carbocycles. The van der Waals surface area contributed by atoms with E-state index in [9.17, 15) is 0 Å². The molecule has 4 nitrogen and oxygen atoms in total. The third-order valence-electron chi connectivity index (χ3n) is 2.53. The van der Waals surface area contributed by atoms with Crippen LogP contribution >= 0.6 is 39.3 Å². The Morgan fingerprint density at radius 1 is 1.33 bits per heavy atom. The summed E-state index contributed by atoms with van der Waals surface area (Å²) in [6, 6.07) is 7.21. The third kappa shape index (κ3) is 4.76. The topological polar surface area (TPSA) is 47.0 Å². The van der Waals surface area contributed by atoms with Crippen molar-refractivity contribution in [2.24, 2.45) is 0 Å². The maximum atomic E-state index is 6.13. The van der Waals surface area contributed by atoms with Crippen molar-refractivity contribution in [3.8, 4) is 11.6 Å². The molecule has 0 aliphatic rings. The van der Waals surface area contributed by atoms with Crippen LogP contribution in [0, 0.1) is 0 Å². The number of ether oxygens (including phenoxy) is 1. The largest absolute Gasteiger partial charge is 0.437 e. The summed E-state index contributed by atoms with van der Waals surface area (Å²) < 4.78 is 6.68. The lowest BCUT2D eigenvalue weighted by atomic mass is 10.3. The van der Waals surface area contributed by atoms with E-state index in [1.165, 1.54) is 11.8 Å². The van der Waals surface area contributed by atoms with Gasteiger partial charge in [-0.05, 0) is 30.9 Å². The lowest BCUT2D eigenvalue weighted by Gasteiger charge is -2.10. The zero-order valence-electron chi connectivity index (χ0n) is 11.7. The van der Waals surface area contributed by atoms with Crippen molar-refractivity contribution in [1.82, 2.24) is 9.97 Å². The lowest BCUT2D eigenvalue weighted by molar-refractivity contribution is 0.456. The molecule has 0 amide bonds. The minimum Gasteiger partial charge on any atom is -0.437 e. The molecule has 0 spiro atoms. The molecule has 2 rings (SSSR count). The number of nitrogens with zero attached hydrogens (tertiary/aromatic N) is 2. The van der Waals surface area contributed by atoms with Crippen molar-refractivity contribution < 1.29 is 4.74 Å². The molecule has 2 aromatic rings. The van der Waals surface area contributed by atoms with Crippen molar-refractivity contribution in [2.75, 3.05) is 18.1 Å². The summed E-state index contributed by atoms with van der Waals surface area (Å²) in [6.07, 6.45) is 2.95. The normalized spacial score (nSPS) is 10.5. The Kier molecular flexibility index (Phi) is 6.14. The van der Waals surface area contributed by atoms with Crippen molar-refractivity contribution in [3.63, 3.8) is 0 Å². The van der Waals surface area contributed by atoms with E-state index in [0.29, 0.717) is 21.8 Å². The van der Waals surface area contributed by atoms with Crippen LogP contribution in [0.4, 0.5) is 5.82 Å². The number of benzene rings is 1. The van der Waals surface area contributed by atoms with E-state index in [4.69, 9.17) is 16.3 Å². The van der Waals surface area contributed by atoms with Gasteiger partial charge in [-0.2, -0.15) is 4.98 Å². The Hall–Kier alpha value is -0.980. The first-order valence-electron chi connectivity index (χ1n) is 6.42. The molecule has 21 heavy (non-hydrogen) atoms. The number of nitrogens with one attached hydrogen (secondary N) is 1. The quantitative estimate of drug-likeness (QED) is 0.542.